The summed E-state index contributed by atoms with van der Waals surface area (Å²) in [6.45, 7) is 4.44. The Morgan fingerprint density at radius 2 is 2.14 bits per heavy atom. The molecule has 1 aliphatic rings. The number of carbonyl (C=O) groups is 2. The van der Waals surface area contributed by atoms with E-state index in [2.05, 4.69) is 24.1 Å². The molecule has 1 saturated carbocycles. The van der Waals surface area contributed by atoms with Gasteiger partial charge in [0, 0.05) is 18.0 Å². The highest BCUT2D eigenvalue weighted by Gasteiger charge is 2.27. The van der Waals surface area contributed by atoms with Crippen molar-refractivity contribution in [1.29, 1.82) is 0 Å². The maximum absolute atomic E-state index is 11.8. The van der Waals surface area contributed by atoms with E-state index in [4.69, 9.17) is 4.74 Å². The van der Waals surface area contributed by atoms with Crippen LogP contribution in [0.2, 0.25) is 0 Å². The summed E-state index contributed by atoms with van der Waals surface area (Å²) in [6.07, 6.45) is 4.87. The summed E-state index contributed by atoms with van der Waals surface area (Å²) >= 11 is 1.36. The topological polar surface area (TPSA) is 68.3 Å². The monoisotopic (exact) mass is 310 g/mol. The van der Waals surface area contributed by atoms with Gasteiger partial charge in [-0.1, -0.05) is 13.8 Å². The number of nitrogens with one attached hydrogen (secondary N) is 1. The van der Waals surface area contributed by atoms with Crippen molar-refractivity contribution >= 4 is 28.3 Å². The van der Waals surface area contributed by atoms with E-state index in [0.29, 0.717) is 17.0 Å². The molecule has 0 aliphatic heterocycles. The smallest absolute Gasteiger partial charge is 0.306 e. The standard InChI is InChI=1S/C15H22N2O3S/c1-10-3-4-12(9-11(10)2)20-14(19)6-5-13(18)17-15-16-7-8-21-15/h7-8,10-12H,3-6,9H2,1-2H3,(H,16,17,18)/t10-,11+,12-/m1/s1. The molecule has 1 aromatic rings. The van der Waals surface area contributed by atoms with Crippen molar-refractivity contribution in [1.82, 2.24) is 4.98 Å². The van der Waals surface area contributed by atoms with Crippen molar-refractivity contribution in [3.63, 3.8) is 0 Å². The third-order valence-corrected chi connectivity index (χ3v) is 4.77. The first-order valence-electron chi connectivity index (χ1n) is 7.43. The van der Waals surface area contributed by atoms with Crippen LogP contribution in [0, 0.1) is 11.8 Å². The molecular formula is C15H22N2O3S. The number of rotatable bonds is 5. The molecule has 0 aromatic carbocycles. The van der Waals surface area contributed by atoms with Crippen LogP contribution < -0.4 is 5.32 Å². The van der Waals surface area contributed by atoms with E-state index in [1.54, 1.807) is 11.6 Å². The number of nitrogens with zero attached hydrogens (tertiary/aromatic N) is 1. The lowest BCUT2D eigenvalue weighted by Gasteiger charge is -2.31. The Morgan fingerprint density at radius 3 is 2.81 bits per heavy atom. The molecule has 1 aromatic heterocycles. The molecule has 1 amide bonds. The summed E-state index contributed by atoms with van der Waals surface area (Å²) in [5, 5.41) is 5.00. The number of esters is 1. The fourth-order valence-corrected chi connectivity index (χ4v) is 3.08. The van der Waals surface area contributed by atoms with Gasteiger partial charge in [-0.25, -0.2) is 4.98 Å². The zero-order chi connectivity index (χ0) is 15.2. The molecule has 5 nitrogen and oxygen atoms in total. The van der Waals surface area contributed by atoms with Gasteiger partial charge in [0.25, 0.3) is 0 Å². The van der Waals surface area contributed by atoms with Gasteiger partial charge in [0.05, 0.1) is 6.42 Å². The van der Waals surface area contributed by atoms with E-state index in [1.165, 1.54) is 11.3 Å². The Labute approximate surface area is 129 Å². The van der Waals surface area contributed by atoms with Gasteiger partial charge in [-0.2, -0.15) is 0 Å². The van der Waals surface area contributed by atoms with Crippen LogP contribution in [0.5, 0.6) is 0 Å². The molecular weight excluding hydrogens is 288 g/mol. The van der Waals surface area contributed by atoms with Crippen LogP contribution in [0.25, 0.3) is 0 Å². The number of hydrogen-bond donors (Lipinski definition) is 1. The molecule has 1 N–H and O–H groups in total. The fraction of sp³-hybridized carbons (Fsp3) is 0.667. The molecule has 0 saturated heterocycles. The van der Waals surface area contributed by atoms with Gasteiger partial charge in [0.15, 0.2) is 5.13 Å². The molecule has 0 radical (unpaired) electrons. The van der Waals surface area contributed by atoms with E-state index < -0.39 is 0 Å². The Morgan fingerprint density at radius 1 is 1.33 bits per heavy atom. The van der Waals surface area contributed by atoms with Crippen molar-refractivity contribution in [2.45, 2.75) is 52.1 Å². The summed E-state index contributed by atoms with van der Waals surface area (Å²) < 4.78 is 5.46. The van der Waals surface area contributed by atoms with Crippen LogP contribution >= 0.6 is 11.3 Å². The molecule has 1 fully saturated rings. The number of anilines is 1. The zero-order valence-electron chi connectivity index (χ0n) is 12.5. The van der Waals surface area contributed by atoms with Crippen LogP contribution in [0.3, 0.4) is 0 Å². The van der Waals surface area contributed by atoms with E-state index in [-0.39, 0.29) is 30.8 Å². The summed E-state index contributed by atoms with van der Waals surface area (Å²) in [6, 6.07) is 0. The number of amides is 1. The third-order valence-electron chi connectivity index (χ3n) is 4.08. The largest absolute Gasteiger partial charge is 0.462 e. The number of aromatic nitrogens is 1. The average Bonchev–Trinajstić information content (AvgIpc) is 2.93. The molecule has 21 heavy (non-hydrogen) atoms. The van der Waals surface area contributed by atoms with E-state index in [0.717, 1.165) is 19.3 Å². The minimum Gasteiger partial charge on any atom is -0.462 e. The van der Waals surface area contributed by atoms with Crippen molar-refractivity contribution in [2.24, 2.45) is 11.8 Å². The van der Waals surface area contributed by atoms with Crippen LogP contribution in [0.15, 0.2) is 11.6 Å². The van der Waals surface area contributed by atoms with Crippen LogP contribution in [0.1, 0.15) is 46.0 Å². The second kappa shape index (κ2) is 7.54. The van der Waals surface area contributed by atoms with Gasteiger partial charge < -0.3 is 10.1 Å². The van der Waals surface area contributed by atoms with Crippen molar-refractivity contribution in [3.05, 3.63) is 11.6 Å². The van der Waals surface area contributed by atoms with Gasteiger partial charge in [-0.15, -0.1) is 11.3 Å². The van der Waals surface area contributed by atoms with Crippen molar-refractivity contribution in [2.75, 3.05) is 5.32 Å². The summed E-state index contributed by atoms with van der Waals surface area (Å²) in [7, 11) is 0. The van der Waals surface area contributed by atoms with Gasteiger partial charge in [0.1, 0.15) is 6.10 Å². The Hall–Kier alpha value is -1.43. The minimum absolute atomic E-state index is 0.0192. The third kappa shape index (κ3) is 5.12. The van der Waals surface area contributed by atoms with Crippen molar-refractivity contribution in [3.8, 4) is 0 Å². The maximum Gasteiger partial charge on any atom is 0.306 e. The first-order chi connectivity index (χ1) is 10.0. The quantitative estimate of drug-likeness (QED) is 0.848. The lowest BCUT2D eigenvalue weighted by atomic mass is 9.80. The molecule has 0 spiro atoms. The SMILES string of the molecule is C[C@@H]1CC[C@@H](OC(=O)CCC(=O)Nc2nccs2)C[C@@H]1C. The number of carbonyl (C=O) groups excluding carboxylic acids is 2. The van der Waals surface area contributed by atoms with Crippen LogP contribution in [-0.4, -0.2) is 23.0 Å². The Kier molecular flexibility index (Phi) is 5.73. The molecule has 116 valence electrons. The zero-order valence-corrected chi connectivity index (χ0v) is 13.3. The molecule has 1 aliphatic carbocycles. The van der Waals surface area contributed by atoms with Gasteiger partial charge >= 0.3 is 5.97 Å². The highest BCUT2D eigenvalue weighted by molar-refractivity contribution is 7.13. The summed E-state index contributed by atoms with van der Waals surface area (Å²) in [5.41, 5.74) is 0. The fourth-order valence-electron chi connectivity index (χ4n) is 2.53. The van der Waals surface area contributed by atoms with Crippen LogP contribution in [0.4, 0.5) is 5.13 Å². The second-order valence-corrected chi connectivity index (χ2v) is 6.66. The van der Waals surface area contributed by atoms with Gasteiger partial charge in [-0.3, -0.25) is 9.59 Å². The van der Waals surface area contributed by atoms with Crippen molar-refractivity contribution < 1.29 is 14.3 Å². The molecule has 6 heteroatoms. The van der Waals surface area contributed by atoms with E-state index in [1.807, 2.05) is 0 Å². The number of thiazole rings is 1. The predicted octanol–water partition coefficient (Wildman–Crippen LogP) is 3.23. The lowest BCUT2D eigenvalue weighted by Crippen LogP contribution is -2.29. The Bertz CT molecular complexity index is 475. The highest BCUT2D eigenvalue weighted by atomic mass is 32.1. The molecule has 1 heterocycles. The normalized spacial score (nSPS) is 25.3. The molecule has 3 atom stereocenters. The number of ether oxygens (including phenoxy) is 1. The molecule has 0 unspecified atom stereocenters. The van der Waals surface area contributed by atoms with Gasteiger partial charge in [-0.05, 0) is 31.1 Å². The summed E-state index contributed by atoms with van der Waals surface area (Å²) in [5.74, 6) is 0.803. The van der Waals surface area contributed by atoms with Crippen LogP contribution in [-0.2, 0) is 14.3 Å². The predicted molar refractivity (Wildman–Crippen MR) is 82.0 cm³/mol. The molecule has 0 bridgehead atoms. The minimum atomic E-state index is -0.281. The summed E-state index contributed by atoms with van der Waals surface area (Å²) in [4.78, 5) is 27.4. The van der Waals surface area contributed by atoms with E-state index >= 15 is 0 Å². The number of hydrogen-bond acceptors (Lipinski definition) is 5. The first kappa shape index (κ1) is 15.9. The Balaban J connectivity index is 1.66. The highest BCUT2D eigenvalue weighted by Crippen LogP contribution is 2.31. The lowest BCUT2D eigenvalue weighted by molar-refractivity contribution is -0.152. The maximum atomic E-state index is 11.8. The average molecular weight is 310 g/mol. The van der Waals surface area contributed by atoms with Gasteiger partial charge in [0.2, 0.25) is 5.91 Å². The van der Waals surface area contributed by atoms with E-state index in [9.17, 15) is 9.59 Å². The second-order valence-electron chi connectivity index (χ2n) is 5.76. The molecule has 2 rings (SSSR count). The first-order valence-corrected chi connectivity index (χ1v) is 8.31.